The van der Waals surface area contributed by atoms with Gasteiger partial charge in [-0.2, -0.15) is 0 Å². The molecule has 2 amide bonds. The van der Waals surface area contributed by atoms with Gasteiger partial charge in [0.25, 0.3) is 0 Å². The van der Waals surface area contributed by atoms with E-state index in [1.54, 1.807) is 19.2 Å². The smallest absolute Gasteiger partial charge is 0.231 e. The third-order valence-electron chi connectivity index (χ3n) is 11.2. The summed E-state index contributed by atoms with van der Waals surface area (Å²) in [6.07, 6.45) is 6.02. The highest BCUT2D eigenvalue weighted by Crippen LogP contribution is 2.60. The molecule has 2 saturated carbocycles. The Kier molecular flexibility index (Phi) is 9.77. The Morgan fingerprint density at radius 1 is 0.593 bits per heavy atom. The van der Waals surface area contributed by atoms with E-state index in [0.29, 0.717) is 64.4 Å². The fourth-order valence-electron chi connectivity index (χ4n) is 8.52. The number of carbonyl (C=O) groups excluding carboxylic acids is 2. The molecule has 6 aromatic rings. The Labute approximate surface area is 323 Å². The Bertz CT molecular complexity index is 2370. The lowest BCUT2D eigenvalue weighted by Gasteiger charge is -2.44. The van der Waals surface area contributed by atoms with Crippen molar-refractivity contribution in [2.24, 2.45) is 10.8 Å². The number of nitrogens with one attached hydrogen (secondary N) is 4. The van der Waals surface area contributed by atoms with E-state index in [9.17, 15) is 0 Å². The summed E-state index contributed by atoms with van der Waals surface area (Å²) < 4.78 is 5.32. The number of halogens is 2. The van der Waals surface area contributed by atoms with Gasteiger partial charge in [-0.25, -0.2) is 9.97 Å². The molecule has 2 aliphatic rings. The van der Waals surface area contributed by atoms with Crippen LogP contribution in [0.25, 0.3) is 21.8 Å². The molecule has 4 N–H and O–H groups in total. The zero-order chi connectivity index (χ0) is 37.3. The third-order valence-corrected chi connectivity index (χ3v) is 11.9. The van der Waals surface area contributed by atoms with Gasteiger partial charge in [0.15, 0.2) is 0 Å². The van der Waals surface area contributed by atoms with E-state index in [1.807, 2.05) is 91.0 Å². The Hall–Kier alpha value is -5.38. The molecule has 0 bridgehead atoms. The highest BCUT2D eigenvalue weighted by molar-refractivity contribution is 6.42. The van der Waals surface area contributed by atoms with Gasteiger partial charge in [0.2, 0.25) is 11.8 Å². The summed E-state index contributed by atoms with van der Waals surface area (Å²) >= 11 is 12.5. The first-order valence-corrected chi connectivity index (χ1v) is 19.1. The van der Waals surface area contributed by atoms with E-state index >= 15 is 9.59 Å². The number of nitrogens with zero attached hydrogens (tertiary/aromatic N) is 2. The summed E-state index contributed by atoms with van der Waals surface area (Å²) in [5.74, 6) is 1.64. The fourth-order valence-corrected chi connectivity index (χ4v) is 8.81. The highest BCUT2D eigenvalue weighted by Gasteiger charge is 2.62. The largest absolute Gasteiger partial charge is 0.497 e. The van der Waals surface area contributed by atoms with Crippen LogP contribution < -0.4 is 26.0 Å². The van der Waals surface area contributed by atoms with E-state index in [4.69, 9.17) is 37.9 Å². The van der Waals surface area contributed by atoms with E-state index in [2.05, 4.69) is 21.3 Å². The summed E-state index contributed by atoms with van der Waals surface area (Å²) in [6, 6.07) is 32.1. The van der Waals surface area contributed by atoms with E-state index < -0.39 is 10.8 Å². The van der Waals surface area contributed by atoms with Crippen LogP contribution in [0.3, 0.4) is 0 Å². The maximum Gasteiger partial charge on any atom is 0.231 e. The lowest BCUT2D eigenvalue weighted by molar-refractivity contribution is -0.145. The molecule has 0 atom stereocenters. The molecule has 274 valence electrons. The number of methoxy groups -OCH3 is 1. The number of aromatic nitrogens is 2. The molecule has 9 nitrogen and oxygen atoms in total. The molecule has 0 saturated heterocycles. The minimum Gasteiger partial charge on any atom is -0.497 e. The van der Waals surface area contributed by atoms with Crippen LogP contribution in [-0.4, -0.2) is 28.9 Å². The molecule has 2 fully saturated rings. The second kappa shape index (κ2) is 14.8. The van der Waals surface area contributed by atoms with Gasteiger partial charge in [-0.05, 0) is 80.3 Å². The summed E-state index contributed by atoms with van der Waals surface area (Å²) in [6.45, 7) is 0. The Balaban J connectivity index is 1.13. The van der Waals surface area contributed by atoms with Crippen LogP contribution in [0.1, 0.15) is 51.4 Å². The summed E-state index contributed by atoms with van der Waals surface area (Å²) in [4.78, 5) is 39.7. The molecular formula is C43H40Cl2N6O3. The predicted molar refractivity (Wildman–Crippen MR) is 219 cm³/mol. The van der Waals surface area contributed by atoms with Crippen molar-refractivity contribution >= 4 is 91.2 Å². The van der Waals surface area contributed by atoms with Crippen molar-refractivity contribution in [3.63, 3.8) is 0 Å². The van der Waals surface area contributed by atoms with Gasteiger partial charge in [-0.15, -0.1) is 0 Å². The van der Waals surface area contributed by atoms with Gasteiger partial charge >= 0.3 is 0 Å². The molecule has 2 aliphatic carbocycles. The van der Waals surface area contributed by atoms with Crippen LogP contribution in [-0.2, 0) is 9.59 Å². The summed E-state index contributed by atoms with van der Waals surface area (Å²) in [5.41, 5.74) is 2.49. The van der Waals surface area contributed by atoms with E-state index in [-0.39, 0.29) is 11.8 Å². The van der Waals surface area contributed by atoms with Crippen LogP contribution in [0.4, 0.5) is 34.4 Å². The molecule has 2 aromatic heterocycles. The standard InChI is InChI=1S/C43H40Cl2N6O3/c1-54-29-17-14-27(15-18-29)46-38-25-36(30-10-2-4-12-34(30)48-38)50-40(52)42(20-6-7-21-42)43(22-8-9-23-43)41(53)51-37-26-39(49-35-13-5-3-11-31(35)37)47-28-16-19-32(44)33(45)24-28/h2-5,10-19,24-26H,6-9,20-23H2,1H3,(H2,46,48,50,52)(H2,47,49,51,53). The molecule has 4 aromatic carbocycles. The molecule has 8 rings (SSSR count). The predicted octanol–water partition coefficient (Wildman–Crippen LogP) is 11.3. The van der Waals surface area contributed by atoms with Crippen molar-refractivity contribution in [3.05, 3.63) is 113 Å². The summed E-state index contributed by atoms with van der Waals surface area (Å²) in [7, 11) is 1.63. The number of amides is 2. The lowest BCUT2D eigenvalue weighted by atomic mass is 9.59. The van der Waals surface area contributed by atoms with Crippen molar-refractivity contribution in [1.82, 2.24) is 9.97 Å². The van der Waals surface area contributed by atoms with Crippen molar-refractivity contribution in [2.45, 2.75) is 51.4 Å². The molecule has 54 heavy (non-hydrogen) atoms. The lowest BCUT2D eigenvalue weighted by Crippen LogP contribution is -2.53. The number of ether oxygens (including phenoxy) is 1. The highest BCUT2D eigenvalue weighted by atomic mass is 35.5. The van der Waals surface area contributed by atoms with Crippen molar-refractivity contribution in [3.8, 4) is 5.75 Å². The first-order chi connectivity index (χ1) is 26.3. The number of anilines is 6. The minimum atomic E-state index is -0.901. The van der Waals surface area contributed by atoms with Gasteiger partial charge in [-0.1, -0.05) is 85.3 Å². The monoisotopic (exact) mass is 758 g/mol. The van der Waals surface area contributed by atoms with Crippen LogP contribution in [0.2, 0.25) is 10.0 Å². The summed E-state index contributed by atoms with van der Waals surface area (Å²) in [5, 5.41) is 15.9. The average Bonchev–Trinajstić information content (AvgIpc) is 3.90. The van der Waals surface area contributed by atoms with E-state index in [0.717, 1.165) is 58.9 Å². The minimum absolute atomic E-state index is 0.120. The zero-order valence-electron chi connectivity index (χ0n) is 29.8. The first kappa shape index (κ1) is 35.6. The number of rotatable bonds is 10. The zero-order valence-corrected chi connectivity index (χ0v) is 31.4. The van der Waals surface area contributed by atoms with E-state index in [1.165, 1.54) is 0 Å². The molecule has 0 unspecified atom stereocenters. The van der Waals surface area contributed by atoms with Crippen molar-refractivity contribution in [1.29, 1.82) is 0 Å². The molecule has 0 spiro atoms. The number of benzene rings is 4. The fraction of sp³-hybridized carbons (Fsp3) is 0.256. The normalized spacial score (nSPS) is 15.9. The van der Waals surface area contributed by atoms with Gasteiger partial charge in [0.05, 0.1) is 50.4 Å². The Morgan fingerprint density at radius 3 is 1.54 bits per heavy atom. The third kappa shape index (κ3) is 6.67. The number of para-hydroxylation sites is 2. The molecular weight excluding hydrogens is 719 g/mol. The average molecular weight is 760 g/mol. The van der Waals surface area contributed by atoms with Crippen LogP contribution in [0.15, 0.2) is 103 Å². The van der Waals surface area contributed by atoms with Crippen LogP contribution in [0, 0.1) is 10.8 Å². The maximum atomic E-state index is 15.0. The maximum absolute atomic E-state index is 15.0. The number of pyridine rings is 2. The second-order valence-electron chi connectivity index (χ2n) is 14.2. The van der Waals surface area contributed by atoms with Gasteiger partial charge < -0.3 is 26.0 Å². The van der Waals surface area contributed by atoms with Crippen molar-refractivity contribution in [2.75, 3.05) is 28.4 Å². The molecule has 0 aliphatic heterocycles. The second-order valence-corrected chi connectivity index (χ2v) is 15.1. The molecule has 2 heterocycles. The number of fused-ring (bicyclic) bond motifs is 2. The van der Waals surface area contributed by atoms with Gasteiger partial charge in [0.1, 0.15) is 17.4 Å². The quantitative estimate of drug-likeness (QED) is 0.110. The van der Waals surface area contributed by atoms with Crippen molar-refractivity contribution < 1.29 is 14.3 Å². The SMILES string of the molecule is COc1ccc(Nc2cc(NC(=O)C3(C4(C(=O)Nc5cc(Nc6ccc(Cl)c(Cl)c6)nc6ccccc56)CCCC4)CCCC3)c3ccccc3n2)cc1. The topological polar surface area (TPSA) is 117 Å². The molecule has 0 radical (unpaired) electrons. The van der Waals surface area contributed by atoms with Gasteiger partial charge in [-0.3, -0.25) is 9.59 Å². The molecule has 11 heteroatoms. The number of hydrogen-bond acceptors (Lipinski definition) is 7. The van der Waals surface area contributed by atoms with Gasteiger partial charge in [0, 0.05) is 34.3 Å². The van der Waals surface area contributed by atoms with Crippen LogP contribution >= 0.6 is 23.2 Å². The first-order valence-electron chi connectivity index (χ1n) is 18.3. The number of hydrogen-bond donors (Lipinski definition) is 4. The van der Waals surface area contributed by atoms with Crippen LogP contribution in [0.5, 0.6) is 5.75 Å². The number of carbonyl (C=O) groups is 2. The Morgan fingerprint density at radius 2 is 1.06 bits per heavy atom.